The number of allylic oxidation sites excluding steroid dienone is 2. The van der Waals surface area contributed by atoms with Gasteiger partial charge in [0.05, 0.1) is 0 Å². The third-order valence-corrected chi connectivity index (χ3v) is 59.8. The molecule has 2 aromatic carbocycles. The van der Waals surface area contributed by atoms with E-state index < -0.39 is 53.8 Å². The summed E-state index contributed by atoms with van der Waals surface area (Å²) in [5, 5.41) is 0. The van der Waals surface area contributed by atoms with Gasteiger partial charge in [-0.05, 0) is 0 Å². The van der Waals surface area contributed by atoms with Crippen LogP contribution in [0.25, 0.3) is 12.2 Å². The minimum Gasteiger partial charge on any atom is -1.00 e. The fourth-order valence-corrected chi connectivity index (χ4v) is 52.6. The van der Waals surface area contributed by atoms with Crippen molar-refractivity contribution in [3.63, 3.8) is 0 Å². The fraction of sp³-hybridized carbons (Fsp3) is 0.467. The second-order valence-electron chi connectivity index (χ2n) is 11.1. The number of fused-ring (bicyclic) bond motifs is 2. The van der Waals surface area contributed by atoms with Gasteiger partial charge >= 0.3 is 242 Å². The largest absolute Gasteiger partial charge is 1.00 e. The van der Waals surface area contributed by atoms with Gasteiger partial charge in [-0.25, -0.2) is 0 Å². The first-order valence-corrected chi connectivity index (χ1v) is 40.0. The van der Waals surface area contributed by atoms with E-state index in [0.29, 0.717) is 12.1 Å². The van der Waals surface area contributed by atoms with Gasteiger partial charge in [0.2, 0.25) is 0 Å². The van der Waals surface area contributed by atoms with Crippen LogP contribution in [0.4, 0.5) is 0 Å². The summed E-state index contributed by atoms with van der Waals surface area (Å²) in [6.07, 6.45) is 12.2. The van der Waals surface area contributed by atoms with Gasteiger partial charge in [0.15, 0.2) is 0 Å². The van der Waals surface area contributed by atoms with E-state index in [4.69, 9.17) is 0 Å². The molecular formula is C30H48Cl2Hf2N2Si2. The van der Waals surface area contributed by atoms with Gasteiger partial charge in [-0.3, -0.25) is 0 Å². The molecule has 0 fully saturated rings. The maximum atomic E-state index is 4.07. The zero-order chi connectivity index (χ0) is 26.2. The Balaban J connectivity index is 0.000000361. The molecule has 0 aromatic heterocycles. The average molecular weight is 921 g/mol. The third kappa shape index (κ3) is 9.85. The van der Waals surface area contributed by atoms with Gasteiger partial charge in [0.1, 0.15) is 0 Å². The van der Waals surface area contributed by atoms with Crippen LogP contribution in [-0.2, 0) is 41.8 Å². The molecule has 2 aliphatic rings. The van der Waals surface area contributed by atoms with Gasteiger partial charge in [-0.1, -0.05) is 0 Å². The van der Waals surface area contributed by atoms with E-state index in [9.17, 15) is 0 Å². The van der Waals surface area contributed by atoms with Crippen molar-refractivity contribution in [1.29, 1.82) is 0 Å². The number of benzene rings is 2. The predicted octanol–water partition coefficient (Wildman–Crippen LogP) is 1.33. The number of halogens is 2. The summed E-state index contributed by atoms with van der Waals surface area (Å²) < 4.78 is 9.74. The molecule has 0 saturated heterocycles. The maximum Gasteiger partial charge on any atom is -1.00 e. The van der Waals surface area contributed by atoms with Crippen molar-refractivity contribution in [3.8, 4) is 0 Å². The summed E-state index contributed by atoms with van der Waals surface area (Å²) in [6, 6.07) is 19.4. The van der Waals surface area contributed by atoms with Crippen molar-refractivity contribution in [2.75, 3.05) is 0 Å². The molecule has 4 unspecified atom stereocenters. The maximum absolute atomic E-state index is 4.07. The number of hydrogen-bond donors (Lipinski definition) is 2. The minimum absolute atomic E-state index is 0. The molecule has 2 nitrogen and oxygen atoms in total. The fourth-order valence-electron chi connectivity index (χ4n) is 5.05. The molecule has 0 saturated carbocycles. The summed E-state index contributed by atoms with van der Waals surface area (Å²) in [7, 11) is 0. The van der Waals surface area contributed by atoms with Crippen molar-refractivity contribution in [3.05, 3.63) is 82.9 Å². The first-order chi connectivity index (χ1) is 17.3. The summed E-state index contributed by atoms with van der Waals surface area (Å²) in [6.45, 7) is 19.5. The van der Waals surface area contributed by atoms with E-state index in [0.717, 1.165) is 7.35 Å². The van der Waals surface area contributed by atoms with Crippen LogP contribution in [0.2, 0.25) is 26.2 Å². The van der Waals surface area contributed by atoms with Gasteiger partial charge in [-0.2, -0.15) is 0 Å². The second-order valence-corrected chi connectivity index (χ2v) is 63.8. The van der Waals surface area contributed by atoms with Gasteiger partial charge in [0, 0.05) is 0 Å². The van der Waals surface area contributed by atoms with Crippen molar-refractivity contribution in [1.82, 2.24) is 6.61 Å². The molecule has 0 bridgehead atoms. The van der Waals surface area contributed by atoms with Crippen LogP contribution in [0, 0.1) is 0 Å². The van der Waals surface area contributed by atoms with E-state index >= 15 is 0 Å². The Morgan fingerprint density at radius 3 is 1.32 bits per heavy atom. The zero-order valence-corrected chi connectivity index (χ0v) is 35.6. The standard InChI is InChI=1S/2C9H7.2C4H10N.2C2H7Si.2ClH.2Hf/c2*1-2-5-9-7-3-6-8(9)4-1;2*1-3-4(2)5;2*1-3-2;;;;/h2*1-7H;2*4-5H,3H2,1-2H3;2*3H,1-2H3;2*1H;;/q;;2*-1;;;;;2*+2/p-2. The van der Waals surface area contributed by atoms with Gasteiger partial charge in [-0.15, -0.1) is 0 Å². The van der Waals surface area contributed by atoms with E-state index in [-0.39, 0.29) is 24.8 Å². The normalized spacial score (nSPS) is 18.1. The number of nitrogens with one attached hydrogen (secondary N) is 2. The third-order valence-electron chi connectivity index (χ3n) is 7.56. The Labute approximate surface area is 263 Å². The summed E-state index contributed by atoms with van der Waals surface area (Å²) >= 11 is -3.38. The van der Waals surface area contributed by atoms with Crippen molar-refractivity contribution >= 4 is 24.1 Å². The zero-order valence-electron chi connectivity index (χ0n) is 24.6. The molecule has 2 N–H and O–H groups in total. The van der Waals surface area contributed by atoms with Gasteiger partial charge < -0.3 is 24.8 Å². The van der Waals surface area contributed by atoms with Gasteiger partial charge in [0.25, 0.3) is 0 Å². The molecule has 0 spiro atoms. The summed E-state index contributed by atoms with van der Waals surface area (Å²) in [4.78, 5) is 0. The minimum atomic E-state index is -1.69. The number of hydrogen-bond acceptors (Lipinski definition) is 2. The molecule has 2 aromatic rings. The van der Waals surface area contributed by atoms with Crippen LogP contribution in [0.1, 0.15) is 70.1 Å². The molecular weight excluding hydrogens is 872 g/mol. The Morgan fingerprint density at radius 1 is 0.658 bits per heavy atom. The van der Waals surface area contributed by atoms with Crippen LogP contribution in [0.5, 0.6) is 0 Å². The van der Waals surface area contributed by atoms with E-state index in [1.807, 2.05) is 0 Å². The second kappa shape index (κ2) is 18.2. The Bertz CT molecular complexity index is 953. The quantitative estimate of drug-likeness (QED) is 0.353. The Morgan fingerprint density at radius 2 is 1.00 bits per heavy atom. The first-order valence-electron chi connectivity index (χ1n) is 14.1. The molecule has 38 heavy (non-hydrogen) atoms. The predicted molar refractivity (Wildman–Crippen MR) is 160 cm³/mol. The molecule has 208 valence electrons. The molecule has 4 atom stereocenters. The number of rotatable bonds is 10. The molecule has 0 amide bonds. The Kier molecular flexibility index (Phi) is 17.5. The Hall–Kier alpha value is 0.594. The molecule has 4 rings (SSSR count). The average Bonchev–Trinajstić information content (AvgIpc) is 3.50. The van der Waals surface area contributed by atoms with E-state index in [1.165, 1.54) is 24.0 Å². The molecule has 0 radical (unpaired) electrons. The van der Waals surface area contributed by atoms with Crippen LogP contribution in [0.3, 0.4) is 0 Å². The van der Waals surface area contributed by atoms with Crippen LogP contribution >= 0.6 is 0 Å². The van der Waals surface area contributed by atoms with Crippen molar-refractivity contribution in [2.45, 2.75) is 86.2 Å². The molecule has 2 aliphatic carbocycles. The van der Waals surface area contributed by atoms with E-state index in [2.05, 4.69) is 133 Å². The molecule has 8 heteroatoms. The van der Waals surface area contributed by atoms with Crippen molar-refractivity contribution < 1.29 is 66.6 Å². The van der Waals surface area contributed by atoms with Crippen LogP contribution in [0.15, 0.2) is 60.7 Å². The topological polar surface area (TPSA) is 24.1 Å². The van der Waals surface area contributed by atoms with Crippen LogP contribution in [-0.4, -0.2) is 24.1 Å². The first kappa shape index (κ1) is 36.6. The summed E-state index contributed by atoms with van der Waals surface area (Å²) in [5.41, 5.74) is 6.14. The smallest absolute Gasteiger partial charge is 1.00 e. The summed E-state index contributed by atoms with van der Waals surface area (Å²) in [5.74, 6) is -1.03. The van der Waals surface area contributed by atoms with Crippen LogP contribution < -0.4 is 31.4 Å². The SMILES string of the molecule is CCC(C)[NH][Hf+]([CH]1C=Cc2ccccc21)[SiH](C)C.CCC(C)[NH][Hf+]([CH]1C=Cc2ccccc21)[SiH](C)C.[Cl-].[Cl-]. The van der Waals surface area contributed by atoms with Crippen molar-refractivity contribution in [2.24, 2.45) is 0 Å². The van der Waals surface area contributed by atoms with E-state index in [1.54, 1.807) is 11.1 Å². The molecule has 0 heterocycles. The monoisotopic (exact) mass is 922 g/mol. The molecule has 0 aliphatic heterocycles.